The van der Waals surface area contributed by atoms with Gasteiger partial charge in [-0.15, -0.1) is 0 Å². The van der Waals surface area contributed by atoms with Gasteiger partial charge in [-0.05, 0) is 44.0 Å². The topological polar surface area (TPSA) is 72.6 Å². The number of likely N-dealkylation sites (tertiary alicyclic amines) is 1. The van der Waals surface area contributed by atoms with Crippen molar-refractivity contribution in [2.45, 2.75) is 25.8 Å². The summed E-state index contributed by atoms with van der Waals surface area (Å²) in [6, 6.07) is 5.29. The Hall–Kier alpha value is -2.01. The summed E-state index contributed by atoms with van der Waals surface area (Å²) in [6.45, 7) is 2.34. The second-order valence-corrected chi connectivity index (χ2v) is 6.17. The minimum Gasteiger partial charge on any atom is -0.496 e. The van der Waals surface area contributed by atoms with Crippen molar-refractivity contribution in [1.82, 2.24) is 4.90 Å². The molecular weight excluding hydrogens is 316 g/mol. The molecule has 1 heterocycles. The van der Waals surface area contributed by atoms with E-state index in [0.717, 1.165) is 18.4 Å². The first-order valence-corrected chi connectivity index (χ1v) is 7.91. The first-order chi connectivity index (χ1) is 10.9. The minimum atomic E-state index is -0.352. The lowest BCUT2D eigenvalue weighted by atomic mass is 9.93. The van der Waals surface area contributed by atoms with E-state index in [4.69, 9.17) is 22.1 Å². The lowest BCUT2D eigenvalue weighted by Gasteiger charge is -2.36. The molecule has 6 heteroatoms. The molecule has 124 valence electrons. The van der Waals surface area contributed by atoms with Crippen LogP contribution in [0.1, 0.15) is 25.3 Å². The molecule has 5 nitrogen and oxygen atoms in total. The van der Waals surface area contributed by atoms with Gasteiger partial charge in [0.25, 0.3) is 0 Å². The predicted octanol–water partition coefficient (Wildman–Crippen LogP) is 2.47. The highest BCUT2D eigenvalue weighted by molar-refractivity contribution is 6.30. The van der Waals surface area contributed by atoms with Crippen LogP contribution in [0.25, 0.3) is 6.08 Å². The maximum absolute atomic E-state index is 12.4. The van der Waals surface area contributed by atoms with Crippen LogP contribution in [0.4, 0.5) is 0 Å². The summed E-state index contributed by atoms with van der Waals surface area (Å²) in [5, 5.41) is 0.568. The van der Waals surface area contributed by atoms with Crippen LogP contribution < -0.4 is 10.5 Å². The van der Waals surface area contributed by atoms with Gasteiger partial charge in [0.15, 0.2) is 0 Å². The average Bonchev–Trinajstić information content (AvgIpc) is 2.53. The third-order valence-corrected chi connectivity index (χ3v) is 4.40. The SMILES string of the molecule is COc1ccc(Cl)cc1/C=C/C(=O)N1CC(C(N)=O)CCC1C. The fraction of sp³-hybridized carbons (Fsp3) is 0.412. The lowest BCUT2D eigenvalue weighted by molar-refractivity contribution is -0.133. The molecule has 1 aliphatic heterocycles. The molecule has 2 N–H and O–H groups in total. The second-order valence-electron chi connectivity index (χ2n) is 5.74. The minimum absolute atomic E-state index is 0.0870. The molecule has 1 aromatic carbocycles. The van der Waals surface area contributed by atoms with E-state index in [1.165, 1.54) is 6.08 Å². The van der Waals surface area contributed by atoms with Crippen LogP contribution in [-0.4, -0.2) is 36.4 Å². The molecule has 0 bridgehead atoms. The highest BCUT2D eigenvalue weighted by Crippen LogP contribution is 2.25. The van der Waals surface area contributed by atoms with Gasteiger partial charge in [-0.2, -0.15) is 0 Å². The first-order valence-electron chi connectivity index (χ1n) is 7.54. The van der Waals surface area contributed by atoms with Crippen molar-refractivity contribution in [3.8, 4) is 5.75 Å². The zero-order valence-electron chi connectivity index (χ0n) is 13.3. The maximum Gasteiger partial charge on any atom is 0.246 e. The number of benzene rings is 1. The number of hydrogen-bond donors (Lipinski definition) is 1. The van der Waals surface area contributed by atoms with Crippen molar-refractivity contribution in [1.29, 1.82) is 0 Å². The van der Waals surface area contributed by atoms with E-state index in [2.05, 4.69) is 0 Å². The van der Waals surface area contributed by atoms with E-state index in [1.807, 2.05) is 6.92 Å². The van der Waals surface area contributed by atoms with Gasteiger partial charge in [0, 0.05) is 29.2 Å². The van der Waals surface area contributed by atoms with Crippen LogP contribution in [0.5, 0.6) is 5.75 Å². The molecule has 0 saturated carbocycles. The van der Waals surface area contributed by atoms with Gasteiger partial charge in [0.1, 0.15) is 5.75 Å². The van der Waals surface area contributed by atoms with Gasteiger partial charge in [0.05, 0.1) is 13.0 Å². The Balaban J connectivity index is 2.14. The van der Waals surface area contributed by atoms with Crippen LogP contribution in [0.3, 0.4) is 0 Å². The zero-order valence-corrected chi connectivity index (χ0v) is 14.0. The van der Waals surface area contributed by atoms with E-state index in [9.17, 15) is 9.59 Å². The molecule has 1 saturated heterocycles. The lowest BCUT2D eigenvalue weighted by Crippen LogP contribution is -2.48. The van der Waals surface area contributed by atoms with Gasteiger partial charge in [-0.3, -0.25) is 9.59 Å². The Labute approximate surface area is 141 Å². The highest BCUT2D eigenvalue weighted by Gasteiger charge is 2.30. The Morgan fingerprint density at radius 2 is 2.13 bits per heavy atom. The van der Waals surface area contributed by atoms with Crippen LogP contribution >= 0.6 is 11.6 Å². The Bertz CT molecular complexity index is 630. The number of halogens is 1. The summed E-state index contributed by atoms with van der Waals surface area (Å²) in [7, 11) is 1.56. The molecule has 0 radical (unpaired) electrons. The number of methoxy groups -OCH3 is 1. The fourth-order valence-corrected chi connectivity index (χ4v) is 2.92. The van der Waals surface area contributed by atoms with Crippen LogP contribution in [0.2, 0.25) is 5.02 Å². The molecule has 2 rings (SSSR count). The summed E-state index contributed by atoms with van der Waals surface area (Å²) in [5.41, 5.74) is 6.09. The standard InChI is InChI=1S/C17H21ClN2O3/c1-11-3-4-13(17(19)22)10-20(11)16(21)8-5-12-9-14(18)6-7-15(12)23-2/h5-9,11,13H,3-4,10H2,1-2H3,(H2,19,22)/b8-5+. The molecule has 1 aromatic rings. The van der Waals surface area contributed by atoms with Gasteiger partial charge < -0.3 is 15.4 Å². The maximum atomic E-state index is 12.4. The Morgan fingerprint density at radius 1 is 1.39 bits per heavy atom. The number of carbonyl (C=O) groups excluding carboxylic acids is 2. The Kier molecular flexibility index (Phi) is 5.66. The molecule has 0 aromatic heterocycles. The molecule has 23 heavy (non-hydrogen) atoms. The predicted molar refractivity (Wildman–Crippen MR) is 90.1 cm³/mol. The van der Waals surface area contributed by atoms with Crippen molar-refractivity contribution in [2.75, 3.05) is 13.7 Å². The average molecular weight is 337 g/mol. The van der Waals surface area contributed by atoms with Crippen LogP contribution in [0, 0.1) is 5.92 Å². The largest absolute Gasteiger partial charge is 0.496 e. The van der Waals surface area contributed by atoms with Crippen molar-refractivity contribution in [2.24, 2.45) is 11.7 Å². The number of amides is 2. The third-order valence-electron chi connectivity index (χ3n) is 4.16. The molecule has 2 atom stereocenters. The van der Waals surface area contributed by atoms with Gasteiger partial charge in [-0.1, -0.05) is 11.6 Å². The second kappa shape index (κ2) is 7.51. The van der Waals surface area contributed by atoms with Crippen LogP contribution in [0.15, 0.2) is 24.3 Å². The number of nitrogens with two attached hydrogens (primary N) is 1. The summed E-state index contributed by atoms with van der Waals surface area (Å²) in [5.74, 6) is -0.134. The quantitative estimate of drug-likeness (QED) is 0.858. The summed E-state index contributed by atoms with van der Waals surface area (Å²) in [4.78, 5) is 25.5. The number of nitrogens with zero attached hydrogens (tertiary/aromatic N) is 1. The number of carbonyl (C=O) groups is 2. The highest BCUT2D eigenvalue weighted by atomic mass is 35.5. The van der Waals surface area contributed by atoms with E-state index in [1.54, 1.807) is 36.3 Å². The van der Waals surface area contributed by atoms with E-state index in [-0.39, 0.29) is 23.8 Å². The molecule has 0 aliphatic carbocycles. The summed E-state index contributed by atoms with van der Waals surface area (Å²) < 4.78 is 5.25. The van der Waals surface area contributed by atoms with Crippen LogP contribution in [-0.2, 0) is 9.59 Å². The van der Waals surface area contributed by atoms with Crippen molar-refractivity contribution in [3.63, 3.8) is 0 Å². The van der Waals surface area contributed by atoms with E-state index < -0.39 is 0 Å². The summed E-state index contributed by atoms with van der Waals surface area (Å²) >= 11 is 5.98. The van der Waals surface area contributed by atoms with E-state index >= 15 is 0 Å². The smallest absolute Gasteiger partial charge is 0.246 e. The number of primary amides is 1. The monoisotopic (exact) mass is 336 g/mol. The third kappa shape index (κ3) is 4.26. The van der Waals surface area contributed by atoms with Crippen molar-refractivity contribution < 1.29 is 14.3 Å². The first kappa shape index (κ1) is 17.3. The molecule has 2 unspecified atom stereocenters. The fourth-order valence-electron chi connectivity index (χ4n) is 2.74. The van der Waals surface area contributed by atoms with Gasteiger partial charge >= 0.3 is 0 Å². The van der Waals surface area contributed by atoms with Crippen molar-refractivity contribution in [3.05, 3.63) is 34.9 Å². The normalized spacial score (nSPS) is 21.4. The number of rotatable bonds is 4. The Morgan fingerprint density at radius 3 is 2.78 bits per heavy atom. The number of hydrogen-bond acceptors (Lipinski definition) is 3. The molecule has 1 fully saturated rings. The van der Waals surface area contributed by atoms with Gasteiger partial charge in [-0.25, -0.2) is 0 Å². The zero-order chi connectivity index (χ0) is 17.0. The molecular formula is C17H21ClN2O3. The molecule has 0 spiro atoms. The summed E-state index contributed by atoms with van der Waals surface area (Å²) in [6.07, 6.45) is 4.65. The van der Waals surface area contributed by atoms with Crippen molar-refractivity contribution >= 4 is 29.5 Å². The number of piperidine rings is 1. The molecule has 2 amide bonds. The number of ether oxygens (including phenoxy) is 1. The molecule has 1 aliphatic rings. The van der Waals surface area contributed by atoms with Gasteiger partial charge in [0.2, 0.25) is 11.8 Å². The van der Waals surface area contributed by atoms with E-state index in [0.29, 0.717) is 17.3 Å².